The minimum absolute atomic E-state index is 0.0301. The molecule has 0 amide bonds. The van der Waals surface area contributed by atoms with Crippen molar-refractivity contribution in [2.75, 3.05) is 6.61 Å². The number of pyridine rings is 1. The van der Waals surface area contributed by atoms with Crippen LogP contribution in [0.15, 0.2) is 24.5 Å². The van der Waals surface area contributed by atoms with Gasteiger partial charge in [0.15, 0.2) is 0 Å². The molecule has 1 atom stereocenters. The lowest BCUT2D eigenvalue weighted by atomic mass is 10.1. The van der Waals surface area contributed by atoms with E-state index in [9.17, 15) is 0 Å². The Bertz CT molecular complexity index is 201. The lowest BCUT2D eigenvalue weighted by Gasteiger charge is -2.06. The number of aliphatic hydroxyl groups is 1. The van der Waals surface area contributed by atoms with E-state index in [-0.39, 0.29) is 12.6 Å². The lowest BCUT2D eigenvalue weighted by molar-refractivity contribution is 0.265. The zero-order valence-corrected chi connectivity index (χ0v) is 6.27. The summed E-state index contributed by atoms with van der Waals surface area (Å²) in [6.45, 7) is 0.0301. The number of aliphatic hydroxyl groups excluding tert-OH is 1. The van der Waals surface area contributed by atoms with Gasteiger partial charge in [-0.1, -0.05) is 0 Å². The average molecular weight is 152 g/mol. The van der Waals surface area contributed by atoms with E-state index in [1.165, 1.54) is 0 Å². The second-order valence-electron chi connectivity index (χ2n) is 2.50. The van der Waals surface area contributed by atoms with Crippen LogP contribution in [-0.4, -0.2) is 22.7 Å². The lowest BCUT2D eigenvalue weighted by Crippen LogP contribution is -2.26. The van der Waals surface area contributed by atoms with Gasteiger partial charge in [0.25, 0.3) is 0 Å². The fourth-order valence-corrected chi connectivity index (χ4v) is 0.886. The van der Waals surface area contributed by atoms with E-state index in [1.54, 1.807) is 12.4 Å². The zero-order chi connectivity index (χ0) is 8.10. The third kappa shape index (κ3) is 2.65. The first kappa shape index (κ1) is 8.17. The van der Waals surface area contributed by atoms with Crippen LogP contribution < -0.4 is 5.73 Å². The molecule has 3 heteroatoms. The minimum Gasteiger partial charge on any atom is -0.395 e. The summed E-state index contributed by atoms with van der Waals surface area (Å²) in [6, 6.07) is 3.64. The zero-order valence-electron chi connectivity index (χ0n) is 6.27. The number of hydrogen-bond acceptors (Lipinski definition) is 3. The van der Waals surface area contributed by atoms with E-state index in [0.717, 1.165) is 5.56 Å². The SMILES string of the molecule is N[C@@H](CO)Cc1ccncc1. The predicted octanol–water partition coefficient (Wildman–Crippen LogP) is -0.0563. The Kier molecular flexibility index (Phi) is 3.01. The molecule has 0 unspecified atom stereocenters. The van der Waals surface area contributed by atoms with Gasteiger partial charge < -0.3 is 10.8 Å². The van der Waals surface area contributed by atoms with Crippen molar-refractivity contribution >= 4 is 0 Å². The van der Waals surface area contributed by atoms with Crippen LogP contribution in [0.2, 0.25) is 0 Å². The first-order valence-corrected chi connectivity index (χ1v) is 3.58. The molecule has 0 aliphatic heterocycles. The van der Waals surface area contributed by atoms with Crippen molar-refractivity contribution in [3.8, 4) is 0 Å². The Labute approximate surface area is 65.9 Å². The summed E-state index contributed by atoms with van der Waals surface area (Å²) in [5, 5.41) is 8.66. The van der Waals surface area contributed by atoms with Gasteiger partial charge in [0, 0.05) is 18.4 Å². The van der Waals surface area contributed by atoms with Crippen molar-refractivity contribution in [3.63, 3.8) is 0 Å². The molecule has 0 fully saturated rings. The minimum atomic E-state index is -0.155. The maximum atomic E-state index is 8.66. The van der Waals surface area contributed by atoms with E-state index in [1.807, 2.05) is 12.1 Å². The summed E-state index contributed by atoms with van der Waals surface area (Å²) in [5.74, 6) is 0. The van der Waals surface area contributed by atoms with Gasteiger partial charge in [0.05, 0.1) is 6.61 Å². The maximum absolute atomic E-state index is 8.66. The molecule has 0 spiro atoms. The van der Waals surface area contributed by atoms with Crippen LogP contribution in [0.25, 0.3) is 0 Å². The van der Waals surface area contributed by atoms with Gasteiger partial charge in [-0.3, -0.25) is 4.98 Å². The largest absolute Gasteiger partial charge is 0.395 e. The van der Waals surface area contributed by atoms with Crippen LogP contribution in [0, 0.1) is 0 Å². The maximum Gasteiger partial charge on any atom is 0.0585 e. The Balaban J connectivity index is 2.51. The molecule has 0 aliphatic carbocycles. The topological polar surface area (TPSA) is 59.1 Å². The molecule has 0 bridgehead atoms. The highest BCUT2D eigenvalue weighted by Crippen LogP contribution is 1.98. The van der Waals surface area contributed by atoms with Crippen LogP contribution in [0.1, 0.15) is 5.56 Å². The molecular weight excluding hydrogens is 140 g/mol. The third-order valence-electron chi connectivity index (χ3n) is 1.48. The Hall–Kier alpha value is -0.930. The summed E-state index contributed by atoms with van der Waals surface area (Å²) in [6.07, 6.45) is 4.15. The molecule has 0 radical (unpaired) electrons. The van der Waals surface area contributed by atoms with E-state index in [2.05, 4.69) is 4.98 Å². The monoisotopic (exact) mass is 152 g/mol. The molecule has 1 aromatic heterocycles. The molecule has 3 nitrogen and oxygen atoms in total. The van der Waals surface area contributed by atoms with Crippen molar-refractivity contribution in [1.82, 2.24) is 4.98 Å². The van der Waals surface area contributed by atoms with Crippen molar-refractivity contribution < 1.29 is 5.11 Å². The Morgan fingerprint density at radius 1 is 1.45 bits per heavy atom. The van der Waals surface area contributed by atoms with E-state index in [0.29, 0.717) is 6.42 Å². The molecule has 11 heavy (non-hydrogen) atoms. The van der Waals surface area contributed by atoms with Crippen molar-refractivity contribution in [2.24, 2.45) is 5.73 Å². The summed E-state index contributed by atoms with van der Waals surface area (Å²) < 4.78 is 0. The molecule has 1 aromatic rings. The number of nitrogens with two attached hydrogens (primary N) is 1. The normalized spacial score (nSPS) is 12.9. The van der Waals surface area contributed by atoms with Gasteiger partial charge in [0.1, 0.15) is 0 Å². The molecule has 1 heterocycles. The highest BCUT2D eigenvalue weighted by Gasteiger charge is 2.00. The van der Waals surface area contributed by atoms with Crippen molar-refractivity contribution in [3.05, 3.63) is 30.1 Å². The molecule has 0 aliphatic rings. The highest BCUT2D eigenvalue weighted by molar-refractivity contribution is 5.10. The summed E-state index contributed by atoms with van der Waals surface area (Å²) in [5.41, 5.74) is 6.65. The fraction of sp³-hybridized carbons (Fsp3) is 0.375. The first-order valence-electron chi connectivity index (χ1n) is 3.58. The number of aromatic nitrogens is 1. The van der Waals surface area contributed by atoms with Crippen LogP contribution in [0.3, 0.4) is 0 Å². The number of rotatable bonds is 3. The molecule has 60 valence electrons. The second-order valence-corrected chi connectivity index (χ2v) is 2.50. The Morgan fingerprint density at radius 3 is 2.64 bits per heavy atom. The fourth-order valence-electron chi connectivity index (χ4n) is 0.886. The molecule has 0 aromatic carbocycles. The van der Waals surface area contributed by atoms with Gasteiger partial charge in [-0.2, -0.15) is 0 Å². The smallest absolute Gasteiger partial charge is 0.0585 e. The summed E-state index contributed by atoms with van der Waals surface area (Å²) in [4.78, 5) is 3.88. The molecule has 3 N–H and O–H groups in total. The molecule has 0 saturated heterocycles. The van der Waals surface area contributed by atoms with E-state index < -0.39 is 0 Å². The quantitative estimate of drug-likeness (QED) is 0.638. The average Bonchev–Trinajstić information content (AvgIpc) is 2.06. The van der Waals surface area contributed by atoms with Gasteiger partial charge >= 0.3 is 0 Å². The van der Waals surface area contributed by atoms with Gasteiger partial charge in [-0.25, -0.2) is 0 Å². The van der Waals surface area contributed by atoms with E-state index >= 15 is 0 Å². The first-order chi connectivity index (χ1) is 5.33. The molecular formula is C8H12N2O. The van der Waals surface area contributed by atoms with E-state index in [4.69, 9.17) is 10.8 Å². The molecule has 1 rings (SSSR count). The highest BCUT2D eigenvalue weighted by atomic mass is 16.3. The number of hydrogen-bond donors (Lipinski definition) is 2. The van der Waals surface area contributed by atoms with Crippen LogP contribution in [0.5, 0.6) is 0 Å². The van der Waals surface area contributed by atoms with Gasteiger partial charge in [-0.15, -0.1) is 0 Å². The second kappa shape index (κ2) is 4.05. The summed E-state index contributed by atoms with van der Waals surface area (Å²) in [7, 11) is 0. The van der Waals surface area contributed by atoms with Crippen LogP contribution >= 0.6 is 0 Å². The Morgan fingerprint density at radius 2 is 2.09 bits per heavy atom. The summed E-state index contributed by atoms with van der Waals surface area (Å²) >= 11 is 0. The number of nitrogens with zero attached hydrogens (tertiary/aromatic N) is 1. The standard InChI is InChI=1S/C8H12N2O/c9-8(6-11)5-7-1-3-10-4-2-7/h1-4,8,11H,5-6,9H2/t8-/m1/s1. The van der Waals surface area contributed by atoms with Crippen molar-refractivity contribution in [2.45, 2.75) is 12.5 Å². The van der Waals surface area contributed by atoms with Crippen LogP contribution in [0.4, 0.5) is 0 Å². The predicted molar refractivity (Wildman–Crippen MR) is 43.0 cm³/mol. The van der Waals surface area contributed by atoms with Crippen LogP contribution in [-0.2, 0) is 6.42 Å². The van der Waals surface area contributed by atoms with Gasteiger partial charge in [-0.05, 0) is 24.1 Å². The van der Waals surface area contributed by atoms with Crippen molar-refractivity contribution in [1.29, 1.82) is 0 Å². The third-order valence-corrected chi connectivity index (χ3v) is 1.48. The van der Waals surface area contributed by atoms with Gasteiger partial charge in [0.2, 0.25) is 0 Å². The molecule has 0 saturated carbocycles.